The summed E-state index contributed by atoms with van der Waals surface area (Å²) >= 11 is 1.13. The number of thiazole rings is 1. The summed E-state index contributed by atoms with van der Waals surface area (Å²) in [4.78, 5) is 42.2. The first-order valence-electron chi connectivity index (χ1n) is 6.43. The van der Waals surface area contributed by atoms with E-state index in [1.54, 1.807) is 20.8 Å². The van der Waals surface area contributed by atoms with Crippen molar-refractivity contribution in [3.63, 3.8) is 0 Å². The fraction of sp³-hybridized carbons (Fsp3) is 0.462. The standard InChI is InChI=1S/C13H17N3O6S/c1-13(2,3)11(19)21-7-20-10(18)5-22-16-8(4-17)9-6-23-12(14)15-9/h4,6H,5,7H2,1-3H3,(H2,14,15)/b16-8+. The van der Waals surface area contributed by atoms with Gasteiger partial charge in [0.25, 0.3) is 0 Å². The predicted molar refractivity (Wildman–Crippen MR) is 81.6 cm³/mol. The average Bonchev–Trinajstić information content (AvgIpc) is 2.89. The van der Waals surface area contributed by atoms with Crippen molar-refractivity contribution in [3.8, 4) is 0 Å². The van der Waals surface area contributed by atoms with Gasteiger partial charge in [0.05, 0.1) is 5.41 Å². The van der Waals surface area contributed by atoms with Crippen LogP contribution >= 0.6 is 11.3 Å². The molecule has 2 N–H and O–H groups in total. The Morgan fingerprint density at radius 2 is 2.09 bits per heavy atom. The van der Waals surface area contributed by atoms with Crippen LogP contribution in [0.3, 0.4) is 0 Å². The molecule has 0 fully saturated rings. The van der Waals surface area contributed by atoms with E-state index in [0.29, 0.717) is 6.29 Å². The minimum atomic E-state index is -0.807. The van der Waals surface area contributed by atoms with Crippen LogP contribution in [0.15, 0.2) is 10.5 Å². The zero-order valence-corrected chi connectivity index (χ0v) is 13.7. The molecular weight excluding hydrogens is 326 g/mol. The molecule has 0 aromatic carbocycles. The summed E-state index contributed by atoms with van der Waals surface area (Å²) < 4.78 is 9.38. The van der Waals surface area contributed by atoms with Gasteiger partial charge >= 0.3 is 11.9 Å². The molecular formula is C13H17N3O6S. The molecule has 0 saturated heterocycles. The van der Waals surface area contributed by atoms with Crippen molar-refractivity contribution in [1.29, 1.82) is 0 Å². The normalized spacial score (nSPS) is 11.7. The van der Waals surface area contributed by atoms with Crippen LogP contribution in [-0.4, -0.2) is 42.3 Å². The predicted octanol–water partition coefficient (Wildman–Crippen LogP) is 0.735. The molecule has 0 saturated carbocycles. The van der Waals surface area contributed by atoms with E-state index in [4.69, 9.17) is 15.3 Å². The monoisotopic (exact) mass is 343 g/mol. The number of hydrogen-bond acceptors (Lipinski definition) is 10. The molecule has 0 atom stereocenters. The van der Waals surface area contributed by atoms with Crippen molar-refractivity contribution in [2.45, 2.75) is 20.8 Å². The van der Waals surface area contributed by atoms with Crippen molar-refractivity contribution in [3.05, 3.63) is 11.1 Å². The fourth-order valence-corrected chi connectivity index (χ4v) is 1.65. The van der Waals surface area contributed by atoms with Crippen molar-refractivity contribution in [1.82, 2.24) is 4.98 Å². The van der Waals surface area contributed by atoms with Gasteiger partial charge in [-0.15, -0.1) is 11.3 Å². The van der Waals surface area contributed by atoms with Gasteiger partial charge in [0, 0.05) is 5.38 Å². The van der Waals surface area contributed by atoms with Crippen LogP contribution in [-0.2, 0) is 28.7 Å². The Bertz CT molecular complexity index is 605. The van der Waals surface area contributed by atoms with E-state index in [1.807, 2.05) is 0 Å². The topological polar surface area (TPSA) is 130 Å². The number of esters is 2. The smallest absolute Gasteiger partial charge is 0.349 e. The van der Waals surface area contributed by atoms with Crippen LogP contribution in [0.2, 0.25) is 0 Å². The van der Waals surface area contributed by atoms with Gasteiger partial charge in [-0.05, 0) is 20.8 Å². The number of hydrogen-bond donors (Lipinski definition) is 1. The summed E-state index contributed by atoms with van der Waals surface area (Å²) in [5, 5.41) is 5.27. The summed E-state index contributed by atoms with van der Waals surface area (Å²) in [6.45, 7) is 3.93. The summed E-state index contributed by atoms with van der Waals surface area (Å²) in [6, 6.07) is 0. The zero-order valence-electron chi connectivity index (χ0n) is 12.9. The summed E-state index contributed by atoms with van der Waals surface area (Å²) in [6.07, 6.45) is 0.422. The van der Waals surface area contributed by atoms with Crippen molar-refractivity contribution in [2.75, 3.05) is 19.1 Å². The van der Waals surface area contributed by atoms with Crippen LogP contribution in [0.5, 0.6) is 0 Å². The number of carbonyl (C=O) groups is 3. The maximum atomic E-state index is 11.4. The number of nitrogen functional groups attached to an aromatic ring is 1. The number of aldehydes is 1. The number of nitrogens with zero attached hydrogens (tertiary/aromatic N) is 2. The Hall–Kier alpha value is -2.49. The highest BCUT2D eigenvalue weighted by Gasteiger charge is 2.23. The molecule has 1 heterocycles. The second-order valence-electron chi connectivity index (χ2n) is 5.25. The molecule has 9 nitrogen and oxygen atoms in total. The quantitative estimate of drug-likeness (QED) is 0.252. The van der Waals surface area contributed by atoms with E-state index in [2.05, 4.69) is 14.9 Å². The van der Waals surface area contributed by atoms with Gasteiger partial charge in [0.1, 0.15) is 5.69 Å². The second-order valence-corrected chi connectivity index (χ2v) is 6.14. The highest BCUT2D eigenvalue weighted by Crippen LogP contribution is 2.14. The molecule has 1 aromatic heterocycles. The van der Waals surface area contributed by atoms with Crippen LogP contribution in [0.4, 0.5) is 5.13 Å². The highest BCUT2D eigenvalue weighted by molar-refractivity contribution is 7.13. The van der Waals surface area contributed by atoms with E-state index >= 15 is 0 Å². The Morgan fingerprint density at radius 1 is 1.39 bits per heavy atom. The maximum absolute atomic E-state index is 11.4. The van der Waals surface area contributed by atoms with E-state index in [-0.39, 0.29) is 16.5 Å². The Balaban J connectivity index is 2.37. The summed E-state index contributed by atoms with van der Waals surface area (Å²) in [5.74, 6) is -1.31. The molecule has 0 aliphatic carbocycles. The van der Waals surface area contributed by atoms with Gasteiger partial charge in [-0.2, -0.15) is 0 Å². The number of anilines is 1. The molecule has 0 aliphatic heterocycles. The molecule has 0 spiro atoms. The lowest BCUT2D eigenvalue weighted by Crippen LogP contribution is -2.25. The lowest BCUT2D eigenvalue weighted by Gasteiger charge is -2.16. The molecule has 1 aromatic rings. The third-order valence-electron chi connectivity index (χ3n) is 2.26. The van der Waals surface area contributed by atoms with Gasteiger partial charge in [-0.1, -0.05) is 5.16 Å². The molecule has 0 aliphatic rings. The van der Waals surface area contributed by atoms with E-state index in [0.717, 1.165) is 11.3 Å². The minimum absolute atomic E-state index is 0.107. The van der Waals surface area contributed by atoms with E-state index in [9.17, 15) is 14.4 Å². The van der Waals surface area contributed by atoms with Crippen LogP contribution in [0.1, 0.15) is 26.5 Å². The molecule has 0 unspecified atom stereocenters. The first-order valence-corrected chi connectivity index (χ1v) is 7.31. The van der Waals surface area contributed by atoms with E-state index < -0.39 is 30.8 Å². The van der Waals surface area contributed by atoms with Gasteiger partial charge < -0.3 is 20.0 Å². The highest BCUT2D eigenvalue weighted by atomic mass is 32.1. The molecule has 0 amide bonds. The molecule has 126 valence electrons. The molecule has 0 bridgehead atoms. The second kappa shape index (κ2) is 8.22. The molecule has 1 rings (SSSR count). The first kappa shape index (κ1) is 18.6. The summed E-state index contributed by atoms with van der Waals surface area (Å²) in [7, 11) is 0. The van der Waals surface area contributed by atoms with Gasteiger partial charge in [0.2, 0.25) is 13.4 Å². The largest absolute Gasteiger partial charge is 0.427 e. The Kier molecular flexibility index (Phi) is 6.64. The Morgan fingerprint density at radius 3 is 2.61 bits per heavy atom. The molecule has 10 heteroatoms. The van der Waals surface area contributed by atoms with Gasteiger partial charge in [0.15, 0.2) is 17.1 Å². The zero-order chi connectivity index (χ0) is 17.5. The van der Waals surface area contributed by atoms with Crippen LogP contribution < -0.4 is 5.73 Å². The molecule has 0 radical (unpaired) electrons. The average molecular weight is 343 g/mol. The minimum Gasteiger partial charge on any atom is -0.427 e. The third-order valence-corrected chi connectivity index (χ3v) is 2.94. The summed E-state index contributed by atoms with van der Waals surface area (Å²) in [5.41, 5.74) is 4.88. The fourth-order valence-electron chi connectivity index (χ4n) is 1.10. The van der Waals surface area contributed by atoms with Crippen molar-refractivity contribution in [2.24, 2.45) is 10.6 Å². The number of ether oxygens (including phenoxy) is 2. The lowest BCUT2D eigenvalue weighted by atomic mass is 9.98. The van der Waals surface area contributed by atoms with Crippen molar-refractivity contribution >= 4 is 40.4 Å². The van der Waals surface area contributed by atoms with E-state index in [1.165, 1.54) is 5.38 Å². The first-order chi connectivity index (χ1) is 10.7. The Labute approximate surface area is 136 Å². The maximum Gasteiger partial charge on any atom is 0.349 e. The number of aromatic nitrogens is 1. The van der Waals surface area contributed by atoms with Gasteiger partial charge in [-0.3, -0.25) is 9.59 Å². The third kappa shape index (κ3) is 6.43. The van der Waals surface area contributed by atoms with Gasteiger partial charge in [-0.25, -0.2) is 9.78 Å². The number of carbonyl (C=O) groups excluding carboxylic acids is 3. The number of nitrogens with two attached hydrogens (primary N) is 1. The molecule has 23 heavy (non-hydrogen) atoms. The number of oxime groups is 1. The van der Waals surface area contributed by atoms with Crippen molar-refractivity contribution < 1.29 is 28.7 Å². The van der Waals surface area contributed by atoms with Crippen LogP contribution in [0, 0.1) is 5.41 Å². The number of rotatable bonds is 7. The SMILES string of the molecule is CC(C)(C)C(=O)OCOC(=O)CO/N=C(\C=O)c1csc(N)n1. The lowest BCUT2D eigenvalue weighted by molar-refractivity contribution is -0.175. The van der Waals surface area contributed by atoms with Crippen LogP contribution in [0.25, 0.3) is 0 Å².